The lowest BCUT2D eigenvalue weighted by atomic mass is 9.80. The first-order valence-electron chi connectivity index (χ1n) is 43.8. The van der Waals surface area contributed by atoms with Crippen LogP contribution in [0.25, 0.3) is 6.08 Å². The predicted molar refractivity (Wildman–Crippen MR) is 553 cm³/mol. The van der Waals surface area contributed by atoms with Crippen LogP contribution in [0.5, 0.6) is 46.0 Å². The Morgan fingerprint density at radius 2 is 1.00 bits per heavy atom. The van der Waals surface area contributed by atoms with Crippen LogP contribution in [-0.4, -0.2) is 169 Å². The minimum Gasteiger partial charge on any atom is -0.507 e. The number of likely N-dealkylation sites (N-methyl/N-ethyl adjacent to an activating group) is 1. The van der Waals surface area contributed by atoms with Gasteiger partial charge >= 0.3 is 7.12 Å². The third-order valence-electron chi connectivity index (χ3n) is 22.1. The number of hydrogen-bond donors (Lipinski definition) is 3. The van der Waals surface area contributed by atoms with E-state index in [1.807, 2.05) is 92.8 Å². The third kappa shape index (κ3) is 34.1. The number of halogens is 6. The van der Waals surface area contributed by atoms with Gasteiger partial charge in [0.1, 0.15) is 80.9 Å². The molecular formula is C102H128BBr3Cl3N11O14. The van der Waals surface area contributed by atoms with E-state index >= 15 is 0 Å². The summed E-state index contributed by atoms with van der Waals surface area (Å²) in [6, 6.07) is 54.9. The Morgan fingerprint density at radius 1 is 0.560 bits per heavy atom. The van der Waals surface area contributed by atoms with E-state index in [0.717, 1.165) is 174 Å². The molecule has 10 heterocycles. The molecule has 17 rings (SSSR count). The first-order valence-corrected chi connectivity index (χ1v) is 47.6. The third-order valence-corrected chi connectivity index (χ3v) is 25.0. The number of pyridine rings is 1. The number of nitro groups is 2. The molecule has 2 saturated heterocycles. The molecule has 7 aliphatic heterocycles. The Hall–Kier alpha value is -9.92. The molecule has 4 N–H and O–H groups in total. The van der Waals surface area contributed by atoms with Crippen molar-refractivity contribution < 1.29 is 57.4 Å². The number of rotatable bonds is 15. The zero-order chi connectivity index (χ0) is 98.9. The number of para-hydroxylation sites is 7. The minimum atomic E-state index is -0.500. The molecule has 32 heteroatoms. The number of hydrogen-bond acceptors (Lipinski definition) is 23. The molecule has 720 valence electrons. The summed E-state index contributed by atoms with van der Waals surface area (Å²) in [4.78, 5) is 42.6. The highest BCUT2D eigenvalue weighted by Gasteiger charge is 2.52. The molecular weight excluding hydrogens is 1960 g/mol. The minimum absolute atomic E-state index is 0.0200. The highest BCUT2D eigenvalue weighted by Crippen LogP contribution is 2.47. The van der Waals surface area contributed by atoms with Gasteiger partial charge in [0.25, 0.3) is 0 Å². The number of nitrogens with zero attached hydrogens (tertiary/aromatic N) is 9. The molecule has 0 radical (unpaired) electrons. The second kappa shape index (κ2) is 51.9. The molecule has 2 fully saturated rings. The molecule has 0 saturated carbocycles. The standard InChI is InChI=1S/C16H26BN3O2.C16H18ClN3O.C12H13NO3.C12H17NO.C11H14O2.C10H11BrO.C10H12O.C6H5BrO.C4H7Br.C4H2Cl2N2.CH3NO2/c1-15(2)16(3,4)22-17(21-15)13-6-7-14(18-12-13)20-10-8-19(5)9-11-20;1-16(2)9-21-15-11(4-3-5-12(15)16)6-7-18-14-8-13(17)19-10-20-14;1-12(2)8-16-11-9(6-7-13(14)15)4-3-5-10(11)12;1-12(2)8-14-11-9(6-7-13)4-3-5-10(11)12;1-11(2)7-13-10-8(11)5-4-6-9(10)12-3;1-8(2)7-12-10-6-4-3-5-9(10)11;1-10(2)7-11-9-6-4-3-5-8(9)10;7-5-3-1-2-4-6(5)8;1-4(2)3-5;5-3-1-4(6)8-2-7-3;1-2(3)4/h6-7,12H,8-11H2,1-5H3;3-5,8,10H,6-7,9H2,1-2H3,(H,18,19,20);3-7H,8H2,1-2H3;3-5H,6-8,13H2,1-2H3;4-6H,7H2,1-3H3;3-6H,1,7H2,2H3;3-6H,7H2,1-2H3;1-4,8H;1,3H2,2H3;1-2H;1H3/b;;7-6+;;;;;;;;. The Labute approximate surface area is 831 Å². The van der Waals surface area contributed by atoms with Gasteiger partial charge in [0.05, 0.1) is 65.2 Å². The van der Waals surface area contributed by atoms with E-state index in [-0.39, 0.29) is 51.1 Å². The smallest absolute Gasteiger partial charge is 0.496 e. The molecule has 0 amide bonds. The van der Waals surface area contributed by atoms with Crippen molar-refractivity contribution in [3.05, 3.63) is 308 Å². The number of aromatic nitrogens is 5. The summed E-state index contributed by atoms with van der Waals surface area (Å²) in [6.45, 7) is 51.3. The van der Waals surface area contributed by atoms with Crippen molar-refractivity contribution in [2.45, 2.75) is 162 Å². The van der Waals surface area contributed by atoms with Crippen LogP contribution >= 0.6 is 82.6 Å². The van der Waals surface area contributed by atoms with E-state index in [2.05, 4.69) is 272 Å². The van der Waals surface area contributed by atoms with Crippen LogP contribution in [-0.2, 0) is 49.2 Å². The summed E-state index contributed by atoms with van der Waals surface area (Å²) in [5.74, 6) is 8.61. The average Bonchev–Trinajstić information content (AvgIpc) is 1.63. The lowest BCUT2D eigenvalue weighted by molar-refractivity contribution is -0.445. The van der Waals surface area contributed by atoms with Gasteiger partial charge < -0.3 is 68.4 Å². The largest absolute Gasteiger partial charge is 0.507 e. The predicted octanol–water partition coefficient (Wildman–Crippen LogP) is 23.0. The van der Waals surface area contributed by atoms with Crippen molar-refractivity contribution in [1.29, 1.82) is 0 Å². The van der Waals surface area contributed by atoms with Crippen LogP contribution in [0, 0.1) is 20.2 Å². The van der Waals surface area contributed by atoms with Crippen LogP contribution in [0.2, 0.25) is 15.5 Å². The molecule has 7 aliphatic rings. The fourth-order valence-corrected chi connectivity index (χ4v) is 15.0. The first-order chi connectivity index (χ1) is 63.1. The van der Waals surface area contributed by atoms with Gasteiger partial charge in [-0.25, -0.2) is 24.9 Å². The number of anilines is 2. The van der Waals surface area contributed by atoms with E-state index in [1.165, 1.54) is 63.8 Å². The lowest BCUT2D eigenvalue weighted by Gasteiger charge is -2.33. The first kappa shape index (κ1) is 111. The normalized spacial score (nSPS) is 16.1. The van der Waals surface area contributed by atoms with Gasteiger partial charge in [-0.15, -0.1) is 0 Å². The zero-order valence-corrected chi connectivity index (χ0v) is 87.3. The summed E-state index contributed by atoms with van der Waals surface area (Å²) in [6.07, 6.45) is 8.83. The maximum atomic E-state index is 10.3. The molecule has 10 aromatic rings. The molecule has 0 bridgehead atoms. The Morgan fingerprint density at radius 3 is 1.46 bits per heavy atom. The number of ether oxygens (including phenoxy) is 7. The fourth-order valence-electron chi connectivity index (χ4n) is 13.8. The topological polar surface area (TPSA) is 299 Å². The van der Waals surface area contributed by atoms with E-state index in [0.29, 0.717) is 35.2 Å². The monoisotopic (exact) mass is 2080 g/mol. The van der Waals surface area contributed by atoms with Gasteiger partial charge in [-0.3, -0.25) is 20.2 Å². The summed E-state index contributed by atoms with van der Waals surface area (Å²) in [5.41, 5.74) is 18.2. The summed E-state index contributed by atoms with van der Waals surface area (Å²) < 4.78 is 52.9. The molecule has 0 unspecified atom stereocenters. The number of phenolic OH excluding ortho intramolecular Hbond substituents is 1. The van der Waals surface area contributed by atoms with Crippen molar-refractivity contribution in [2.24, 2.45) is 5.73 Å². The Bertz CT molecular complexity index is 5480. The summed E-state index contributed by atoms with van der Waals surface area (Å²) in [5, 5.41) is 33.3. The van der Waals surface area contributed by atoms with Gasteiger partial charge in [0, 0.05) is 133 Å². The van der Waals surface area contributed by atoms with E-state index in [9.17, 15) is 10.1 Å². The molecule has 0 aliphatic carbocycles. The fraction of sp³-hybridized carbons (Fsp3) is 0.402. The van der Waals surface area contributed by atoms with Crippen molar-refractivity contribution in [1.82, 2.24) is 29.8 Å². The van der Waals surface area contributed by atoms with Crippen LogP contribution in [0.15, 0.2) is 228 Å². The number of phenols is 1. The van der Waals surface area contributed by atoms with Crippen LogP contribution in [0.1, 0.15) is 155 Å². The number of piperazine rings is 1. The van der Waals surface area contributed by atoms with Crippen LogP contribution < -0.4 is 54.6 Å². The van der Waals surface area contributed by atoms with Crippen molar-refractivity contribution in [2.75, 3.05) is 116 Å². The lowest BCUT2D eigenvalue weighted by Crippen LogP contribution is -2.45. The Kier molecular flexibility index (Phi) is 43.0. The highest BCUT2D eigenvalue weighted by atomic mass is 79.9. The van der Waals surface area contributed by atoms with Gasteiger partial charge in [0.15, 0.2) is 18.5 Å². The molecule has 134 heavy (non-hydrogen) atoms. The second-order valence-electron chi connectivity index (χ2n) is 36.7. The van der Waals surface area contributed by atoms with Gasteiger partial charge in [-0.05, 0) is 159 Å². The number of allylic oxidation sites excluding steroid dienone is 1. The van der Waals surface area contributed by atoms with Crippen molar-refractivity contribution in [3.63, 3.8) is 0 Å². The molecule has 0 spiro atoms. The Balaban J connectivity index is 0.000000206. The number of alkyl halides is 1. The van der Waals surface area contributed by atoms with Gasteiger partial charge in [-0.2, -0.15) is 0 Å². The van der Waals surface area contributed by atoms with E-state index in [4.69, 9.17) is 98.2 Å². The van der Waals surface area contributed by atoms with E-state index < -0.39 is 9.85 Å². The van der Waals surface area contributed by atoms with Gasteiger partial charge in [-0.1, -0.05) is 254 Å². The van der Waals surface area contributed by atoms with Crippen LogP contribution in [0.3, 0.4) is 0 Å². The van der Waals surface area contributed by atoms with Crippen molar-refractivity contribution >= 4 is 113 Å². The molecule has 7 aromatic carbocycles. The SMILES string of the molecule is C=C(C)CBr.C=C(C)COc1ccccc1Br.CC1(C)COc2c(/C=C/[N+](=O)[O-])cccc21.CC1(C)COc2c(CCN)cccc21.CC1(C)COc2c(CCNc3cc(Cl)ncn3)cccc21.CC1(C)COc2ccccc21.CN1CCN(c2ccc(B3OC(C)(C)C(C)(C)O3)cn2)CC1.COc1cccc2c1OCC2(C)C.C[N+](=O)[O-].Clc1cc(Cl)ncn1.Oc1ccccc1Br. The molecule has 25 nitrogen and oxygen atoms in total. The zero-order valence-electron chi connectivity index (χ0n) is 80.3. The second-order valence-corrected chi connectivity index (χ2v) is 40.1. The molecule has 3 aromatic heterocycles. The number of aromatic hydroxyl groups is 1. The number of methoxy groups -OCH3 is 1. The summed E-state index contributed by atoms with van der Waals surface area (Å²) >= 11 is 26.4. The number of nitrogens with two attached hydrogens (primary N) is 1. The highest BCUT2D eigenvalue weighted by molar-refractivity contribution is 9.11. The van der Waals surface area contributed by atoms with Crippen LogP contribution in [0.4, 0.5) is 11.6 Å². The maximum Gasteiger partial charge on any atom is 0.496 e. The summed E-state index contributed by atoms with van der Waals surface area (Å²) in [7, 11) is 4.38. The maximum absolute atomic E-state index is 10.3. The number of benzene rings is 7. The molecule has 0 atom stereocenters. The van der Waals surface area contributed by atoms with E-state index in [1.54, 1.807) is 31.4 Å². The average molecular weight is 2090 g/mol. The number of nitrogens with one attached hydrogen (secondary N) is 1. The quantitative estimate of drug-likeness (QED) is 0.0214. The number of fused-ring (bicyclic) bond motifs is 5. The van der Waals surface area contributed by atoms with Crippen molar-refractivity contribution in [3.8, 4) is 46.0 Å². The van der Waals surface area contributed by atoms with Gasteiger partial charge in [0.2, 0.25) is 6.20 Å².